The van der Waals surface area contributed by atoms with Crippen LogP contribution in [0.15, 0.2) is 15.8 Å². The van der Waals surface area contributed by atoms with Crippen LogP contribution in [0, 0.1) is 18.8 Å². The molecule has 2 heterocycles. The van der Waals surface area contributed by atoms with Gasteiger partial charge in [-0.25, -0.2) is 0 Å². The van der Waals surface area contributed by atoms with Crippen molar-refractivity contribution >= 4 is 5.69 Å². The molecule has 17 heavy (non-hydrogen) atoms. The monoisotopic (exact) mass is 236 g/mol. The van der Waals surface area contributed by atoms with E-state index in [1.54, 1.807) is 19.9 Å². The van der Waals surface area contributed by atoms with Crippen molar-refractivity contribution in [1.29, 1.82) is 0 Å². The summed E-state index contributed by atoms with van der Waals surface area (Å²) in [6.45, 7) is 3.63. The van der Waals surface area contributed by atoms with Crippen LogP contribution < -0.4 is 0 Å². The van der Waals surface area contributed by atoms with Crippen molar-refractivity contribution in [3.63, 3.8) is 0 Å². The molecule has 2 aromatic rings. The van der Waals surface area contributed by atoms with Gasteiger partial charge in [0.25, 0.3) is 0 Å². The van der Waals surface area contributed by atoms with E-state index in [0.717, 1.165) is 0 Å². The molecule has 1 N–H and O–H groups in total. The van der Waals surface area contributed by atoms with Crippen molar-refractivity contribution in [2.24, 2.45) is 5.18 Å². The molecule has 0 fully saturated rings. The highest BCUT2D eigenvalue weighted by atomic mass is 16.5. The molecule has 7 nitrogen and oxygen atoms in total. The van der Waals surface area contributed by atoms with Gasteiger partial charge in [-0.1, -0.05) is 5.16 Å². The van der Waals surface area contributed by atoms with E-state index in [9.17, 15) is 4.91 Å². The Labute approximate surface area is 97.0 Å². The lowest BCUT2D eigenvalue weighted by Gasteiger charge is -2.01. The van der Waals surface area contributed by atoms with E-state index in [4.69, 9.17) is 9.63 Å². The highest BCUT2D eigenvalue weighted by Crippen LogP contribution is 2.32. The van der Waals surface area contributed by atoms with Gasteiger partial charge in [-0.05, 0) is 19.0 Å². The molecule has 90 valence electrons. The summed E-state index contributed by atoms with van der Waals surface area (Å²) in [5, 5.41) is 19.9. The molecule has 0 saturated carbocycles. The zero-order chi connectivity index (χ0) is 12.4. The molecule has 2 rings (SSSR count). The molecule has 0 radical (unpaired) electrons. The van der Waals surface area contributed by atoms with Gasteiger partial charge >= 0.3 is 0 Å². The summed E-state index contributed by atoms with van der Waals surface area (Å²) in [6.07, 6.45) is 0. The number of nitroso groups, excluding NO2 is 1. The van der Waals surface area contributed by atoms with Crippen LogP contribution in [0.1, 0.15) is 11.5 Å². The van der Waals surface area contributed by atoms with E-state index in [-0.39, 0.29) is 18.8 Å². The lowest BCUT2D eigenvalue weighted by molar-refractivity contribution is 0.270. The van der Waals surface area contributed by atoms with E-state index >= 15 is 0 Å². The third kappa shape index (κ3) is 1.96. The fourth-order valence-corrected chi connectivity index (χ4v) is 1.67. The second-order valence-electron chi connectivity index (χ2n) is 3.64. The number of aryl methyl sites for hydroxylation is 2. The molecule has 0 aliphatic heterocycles. The first kappa shape index (κ1) is 11.5. The number of aliphatic hydroxyl groups excluding tert-OH is 1. The van der Waals surface area contributed by atoms with E-state index in [0.29, 0.717) is 22.8 Å². The highest BCUT2D eigenvalue weighted by Gasteiger charge is 2.20. The molecule has 0 saturated heterocycles. The number of aliphatic hydroxyl groups is 1. The lowest BCUT2D eigenvalue weighted by Crippen LogP contribution is -2.05. The minimum atomic E-state index is -0.0801. The third-order valence-electron chi connectivity index (χ3n) is 2.37. The maximum atomic E-state index is 10.8. The number of aromatic nitrogens is 3. The van der Waals surface area contributed by atoms with Gasteiger partial charge in [0, 0.05) is 6.07 Å². The first-order valence-electron chi connectivity index (χ1n) is 5.12. The van der Waals surface area contributed by atoms with Gasteiger partial charge in [0.15, 0.2) is 5.69 Å². The fraction of sp³-hybridized carbons (Fsp3) is 0.400. The number of rotatable bonds is 4. The average molecular weight is 236 g/mol. The third-order valence-corrected chi connectivity index (χ3v) is 2.37. The predicted molar refractivity (Wildman–Crippen MR) is 59.7 cm³/mol. The van der Waals surface area contributed by atoms with E-state index in [1.165, 1.54) is 4.68 Å². The molecule has 0 spiro atoms. The van der Waals surface area contributed by atoms with Crippen LogP contribution in [0.2, 0.25) is 0 Å². The van der Waals surface area contributed by atoms with Gasteiger partial charge in [-0.3, -0.25) is 4.68 Å². The maximum Gasteiger partial charge on any atom is 0.158 e. The number of hydrogen-bond acceptors (Lipinski definition) is 6. The number of hydrogen-bond donors (Lipinski definition) is 1. The minimum Gasteiger partial charge on any atom is -0.394 e. The standard InChI is InChI=1S/C10H12N4O3/c1-6-5-8(13-17-6)10-9(12-16)7(2)11-14(10)3-4-15/h5,15H,3-4H2,1-2H3. The van der Waals surface area contributed by atoms with Gasteiger partial charge in [0.2, 0.25) is 0 Å². The Morgan fingerprint density at radius 3 is 2.82 bits per heavy atom. The predicted octanol–water partition coefficient (Wildman–Crippen LogP) is 1.55. The second kappa shape index (κ2) is 4.46. The van der Waals surface area contributed by atoms with Crippen molar-refractivity contribution in [3.8, 4) is 11.4 Å². The van der Waals surface area contributed by atoms with Crippen LogP contribution >= 0.6 is 0 Å². The zero-order valence-electron chi connectivity index (χ0n) is 9.54. The summed E-state index contributed by atoms with van der Waals surface area (Å²) >= 11 is 0. The van der Waals surface area contributed by atoms with Gasteiger partial charge in [0.1, 0.15) is 17.1 Å². The fourth-order valence-electron chi connectivity index (χ4n) is 1.67. The van der Waals surface area contributed by atoms with Crippen LogP contribution in [0.4, 0.5) is 5.69 Å². The maximum absolute atomic E-state index is 10.8. The molecule has 0 aliphatic carbocycles. The molecule has 0 bridgehead atoms. The Morgan fingerprint density at radius 1 is 1.53 bits per heavy atom. The van der Waals surface area contributed by atoms with E-state index in [2.05, 4.69) is 15.4 Å². The molecule has 0 amide bonds. The molecule has 0 aliphatic rings. The molecule has 7 heteroatoms. The molecule has 2 aromatic heterocycles. The van der Waals surface area contributed by atoms with Crippen LogP contribution in [-0.2, 0) is 6.54 Å². The Morgan fingerprint density at radius 2 is 2.29 bits per heavy atom. The largest absolute Gasteiger partial charge is 0.394 e. The molecule has 0 unspecified atom stereocenters. The highest BCUT2D eigenvalue weighted by molar-refractivity contribution is 5.71. The smallest absolute Gasteiger partial charge is 0.158 e. The summed E-state index contributed by atoms with van der Waals surface area (Å²) in [6, 6.07) is 1.69. The Bertz CT molecular complexity index is 544. The van der Waals surface area contributed by atoms with Gasteiger partial charge in [0.05, 0.1) is 18.8 Å². The topological polar surface area (TPSA) is 93.5 Å². The summed E-state index contributed by atoms with van der Waals surface area (Å²) < 4.78 is 6.47. The van der Waals surface area contributed by atoms with Crippen molar-refractivity contribution in [2.45, 2.75) is 20.4 Å². The SMILES string of the molecule is Cc1cc(-c2c(N=O)c(C)nn2CCO)no1. The van der Waals surface area contributed by atoms with E-state index < -0.39 is 0 Å². The van der Waals surface area contributed by atoms with Crippen LogP contribution in [0.25, 0.3) is 11.4 Å². The quantitative estimate of drug-likeness (QED) is 0.812. The van der Waals surface area contributed by atoms with E-state index in [1.807, 2.05) is 0 Å². The van der Waals surface area contributed by atoms with Crippen LogP contribution in [-0.4, -0.2) is 26.7 Å². The normalized spacial score (nSPS) is 10.8. The van der Waals surface area contributed by atoms with Crippen LogP contribution in [0.5, 0.6) is 0 Å². The van der Waals surface area contributed by atoms with Crippen molar-refractivity contribution in [2.75, 3.05) is 6.61 Å². The lowest BCUT2D eigenvalue weighted by atomic mass is 10.2. The second-order valence-corrected chi connectivity index (χ2v) is 3.64. The van der Waals surface area contributed by atoms with Crippen molar-refractivity contribution in [1.82, 2.24) is 14.9 Å². The van der Waals surface area contributed by atoms with Gasteiger partial charge < -0.3 is 9.63 Å². The Balaban J connectivity index is 2.60. The van der Waals surface area contributed by atoms with Crippen molar-refractivity contribution < 1.29 is 9.63 Å². The van der Waals surface area contributed by atoms with Gasteiger partial charge in [-0.15, -0.1) is 4.91 Å². The summed E-state index contributed by atoms with van der Waals surface area (Å²) in [5.41, 5.74) is 1.70. The van der Waals surface area contributed by atoms with Crippen molar-refractivity contribution in [3.05, 3.63) is 22.4 Å². The summed E-state index contributed by atoms with van der Waals surface area (Å²) in [4.78, 5) is 10.8. The average Bonchev–Trinajstić information content (AvgIpc) is 2.83. The Kier molecular flexibility index (Phi) is 3.01. The molecular weight excluding hydrogens is 224 g/mol. The number of nitrogens with zero attached hydrogens (tertiary/aromatic N) is 4. The molecular formula is C10H12N4O3. The van der Waals surface area contributed by atoms with Crippen LogP contribution in [0.3, 0.4) is 0 Å². The minimum absolute atomic E-state index is 0.0801. The summed E-state index contributed by atoms with van der Waals surface area (Å²) in [5.74, 6) is 0.631. The Hall–Kier alpha value is -2.02. The zero-order valence-corrected chi connectivity index (χ0v) is 9.54. The van der Waals surface area contributed by atoms with Gasteiger partial charge in [-0.2, -0.15) is 5.10 Å². The molecule has 0 atom stereocenters. The molecule has 0 aromatic carbocycles. The summed E-state index contributed by atoms with van der Waals surface area (Å²) in [7, 11) is 0. The first-order chi connectivity index (χ1) is 8.17. The first-order valence-corrected chi connectivity index (χ1v) is 5.12.